The number of rotatable bonds is 2. The lowest BCUT2D eigenvalue weighted by molar-refractivity contribution is -0.0424. The second-order valence-corrected chi connectivity index (χ2v) is 7.59. The third kappa shape index (κ3) is 5.52. The molecule has 0 amide bonds. The Kier molecular flexibility index (Phi) is 7.60. The number of nitrogens with two attached hydrogens (primary N) is 2. The molecule has 4 heterocycles. The normalized spacial score (nSPS) is 10.6. The Morgan fingerprint density at radius 1 is 0.694 bits per heavy atom. The summed E-state index contributed by atoms with van der Waals surface area (Å²) in [5.41, 5.74) is 15.9. The maximum absolute atomic E-state index is 8.58. The number of aromatic nitrogens is 8. The molecule has 12 nitrogen and oxygen atoms in total. The molecule has 0 saturated carbocycles. The minimum absolute atomic E-state index is 0.255. The van der Waals surface area contributed by atoms with Gasteiger partial charge in [0.15, 0.2) is 22.7 Å². The molecule has 182 valence electrons. The van der Waals surface area contributed by atoms with Gasteiger partial charge in [0.05, 0.1) is 5.69 Å². The molecule has 0 spiro atoms. The number of hydrogen-bond donors (Lipinski definition) is 4. The summed E-state index contributed by atoms with van der Waals surface area (Å²) in [6.07, 6.45) is 4.91. The Labute approximate surface area is 209 Å². The van der Waals surface area contributed by atoms with Crippen LogP contribution < -0.4 is 11.5 Å². The lowest BCUT2D eigenvalue weighted by Crippen LogP contribution is -1.98. The molecule has 0 atom stereocenters. The predicted octanol–water partition coefficient (Wildman–Crippen LogP) is 2.40. The van der Waals surface area contributed by atoms with Crippen molar-refractivity contribution >= 4 is 34.3 Å². The van der Waals surface area contributed by atoms with Crippen molar-refractivity contribution in [3.63, 3.8) is 0 Å². The van der Waals surface area contributed by atoms with E-state index in [9.17, 15) is 0 Å². The van der Waals surface area contributed by atoms with Gasteiger partial charge in [0, 0.05) is 11.1 Å². The summed E-state index contributed by atoms with van der Waals surface area (Å²) in [5.74, 6) is 0. The van der Waals surface area contributed by atoms with E-state index in [1.165, 1.54) is 12.7 Å². The van der Waals surface area contributed by atoms with Crippen LogP contribution in [0.15, 0.2) is 86.0 Å². The smallest absolute Gasteiger partial charge is 0.188 e. The molecule has 0 aliphatic rings. The molecule has 0 aliphatic carbocycles. The number of fused-ring (bicyclic) bond motifs is 2. The van der Waals surface area contributed by atoms with Crippen LogP contribution in [0.3, 0.4) is 0 Å². The first-order valence-corrected chi connectivity index (χ1v) is 10.8. The fourth-order valence-electron chi connectivity index (χ4n) is 3.06. The van der Waals surface area contributed by atoms with Crippen LogP contribution in [0.1, 0.15) is 11.9 Å². The van der Waals surface area contributed by atoms with Crippen LogP contribution in [0.25, 0.3) is 22.6 Å². The molecule has 36 heavy (non-hydrogen) atoms. The molecule has 0 aliphatic heterocycles. The Morgan fingerprint density at radius 3 is 1.78 bits per heavy atom. The molecule has 0 fully saturated rings. The molecule has 0 radical (unpaired) electrons. The second-order valence-electron chi connectivity index (χ2n) is 7.23. The summed E-state index contributed by atoms with van der Waals surface area (Å²) in [7, 11) is 0. The van der Waals surface area contributed by atoms with Crippen molar-refractivity contribution in [2.45, 2.75) is 6.29 Å². The highest BCUT2D eigenvalue weighted by molar-refractivity contribution is 6.32. The molecular weight excluding hydrogens is 484 g/mol. The van der Waals surface area contributed by atoms with Gasteiger partial charge in [0.1, 0.15) is 36.7 Å². The first kappa shape index (κ1) is 24.5. The van der Waals surface area contributed by atoms with Crippen LogP contribution in [0.5, 0.6) is 0 Å². The number of nitrogen functional groups attached to an aromatic ring is 2. The van der Waals surface area contributed by atoms with Gasteiger partial charge in [-0.3, -0.25) is 8.80 Å². The quantitative estimate of drug-likeness (QED) is 0.202. The molecule has 2 aromatic carbocycles. The standard InChI is InChI=1S/C11H9N5.C7H8O2.C5H4ClN5/c12-9-10(8-4-2-1-3-5-8)13-6-16-7-14-15-11(9)16;8-7(9)6-4-2-1-3-5-6;6-4-3(7)5-10-9-2-11(5)1-8-4/h1-7H,12H2;1-5,7-9H;1-2H,7H2. The number of halogens is 1. The Balaban J connectivity index is 0.000000134. The highest BCUT2D eigenvalue weighted by Crippen LogP contribution is 2.25. The SMILES string of the molecule is Nc1c(-c2ccccc2)ncn2cnnc12.Nc1c(Cl)ncn2cnnc12.OC(O)c1ccccc1. The van der Waals surface area contributed by atoms with Gasteiger partial charge in [-0.15, -0.1) is 20.4 Å². The van der Waals surface area contributed by atoms with Gasteiger partial charge in [-0.25, -0.2) is 9.97 Å². The third-order valence-electron chi connectivity index (χ3n) is 4.86. The van der Waals surface area contributed by atoms with Crippen LogP contribution in [0.4, 0.5) is 11.4 Å². The molecule has 4 aromatic heterocycles. The molecule has 6 N–H and O–H groups in total. The van der Waals surface area contributed by atoms with Crippen molar-refractivity contribution in [3.05, 3.63) is 96.7 Å². The van der Waals surface area contributed by atoms with Crippen LogP contribution in [-0.2, 0) is 0 Å². The van der Waals surface area contributed by atoms with E-state index in [1.54, 1.807) is 45.7 Å². The summed E-state index contributed by atoms with van der Waals surface area (Å²) in [6.45, 7) is 0. The van der Waals surface area contributed by atoms with Crippen molar-refractivity contribution in [3.8, 4) is 11.3 Å². The average Bonchev–Trinajstić information content (AvgIpc) is 3.59. The van der Waals surface area contributed by atoms with Crippen LogP contribution >= 0.6 is 11.6 Å². The van der Waals surface area contributed by atoms with Crippen LogP contribution in [-0.4, -0.2) is 49.4 Å². The fraction of sp³-hybridized carbons (Fsp3) is 0.0435. The van der Waals surface area contributed by atoms with Gasteiger partial charge in [-0.05, 0) is 0 Å². The zero-order valence-corrected chi connectivity index (χ0v) is 19.4. The van der Waals surface area contributed by atoms with E-state index in [-0.39, 0.29) is 5.15 Å². The topological polar surface area (TPSA) is 179 Å². The van der Waals surface area contributed by atoms with E-state index in [4.69, 9.17) is 33.3 Å². The molecule has 6 aromatic rings. The Hall–Kier alpha value is -4.65. The minimum Gasteiger partial charge on any atom is -0.394 e. The summed E-state index contributed by atoms with van der Waals surface area (Å²) < 4.78 is 3.29. The lowest BCUT2D eigenvalue weighted by Gasteiger charge is -2.04. The van der Waals surface area contributed by atoms with Gasteiger partial charge < -0.3 is 21.7 Å². The van der Waals surface area contributed by atoms with E-state index in [2.05, 4.69) is 30.4 Å². The van der Waals surface area contributed by atoms with Gasteiger partial charge in [0.25, 0.3) is 0 Å². The molecule has 0 bridgehead atoms. The van der Waals surface area contributed by atoms with Crippen molar-refractivity contribution in [1.29, 1.82) is 0 Å². The van der Waals surface area contributed by atoms with Crippen molar-refractivity contribution < 1.29 is 10.2 Å². The van der Waals surface area contributed by atoms with E-state index >= 15 is 0 Å². The van der Waals surface area contributed by atoms with E-state index in [0.717, 1.165) is 11.3 Å². The first-order valence-electron chi connectivity index (χ1n) is 10.5. The maximum atomic E-state index is 8.58. The predicted molar refractivity (Wildman–Crippen MR) is 134 cm³/mol. The summed E-state index contributed by atoms with van der Waals surface area (Å²) in [4.78, 5) is 8.11. The maximum Gasteiger partial charge on any atom is 0.188 e. The second kappa shape index (κ2) is 11.2. The number of nitrogens with zero attached hydrogens (tertiary/aromatic N) is 8. The molecule has 13 heteroatoms. The zero-order valence-electron chi connectivity index (χ0n) is 18.7. The van der Waals surface area contributed by atoms with E-state index < -0.39 is 6.29 Å². The van der Waals surface area contributed by atoms with E-state index in [1.807, 2.05) is 36.4 Å². The van der Waals surface area contributed by atoms with Gasteiger partial charge in [0.2, 0.25) is 0 Å². The largest absolute Gasteiger partial charge is 0.394 e. The van der Waals surface area contributed by atoms with Gasteiger partial charge in [-0.1, -0.05) is 72.3 Å². The lowest BCUT2D eigenvalue weighted by atomic mass is 10.1. The number of aliphatic hydroxyl groups is 2. The third-order valence-corrected chi connectivity index (χ3v) is 5.16. The number of aliphatic hydroxyl groups excluding tert-OH is 1. The minimum atomic E-state index is -1.34. The van der Waals surface area contributed by atoms with Crippen LogP contribution in [0, 0.1) is 0 Å². The molecule has 0 saturated heterocycles. The monoisotopic (exact) mass is 504 g/mol. The van der Waals surface area contributed by atoms with Gasteiger partial charge >= 0.3 is 0 Å². The highest BCUT2D eigenvalue weighted by atomic mass is 35.5. The number of hydrogen-bond acceptors (Lipinski definition) is 10. The Bertz CT molecular complexity index is 1560. The zero-order chi connectivity index (χ0) is 25.5. The fourth-order valence-corrected chi connectivity index (χ4v) is 3.19. The average molecular weight is 505 g/mol. The first-order chi connectivity index (χ1) is 17.5. The van der Waals surface area contributed by atoms with Crippen LogP contribution in [0.2, 0.25) is 5.15 Å². The molecule has 0 unspecified atom stereocenters. The summed E-state index contributed by atoms with van der Waals surface area (Å²) in [5, 5.41) is 32.5. The van der Waals surface area contributed by atoms with Crippen molar-refractivity contribution in [2.24, 2.45) is 0 Å². The van der Waals surface area contributed by atoms with Gasteiger partial charge in [-0.2, -0.15) is 0 Å². The summed E-state index contributed by atoms with van der Waals surface area (Å²) >= 11 is 5.63. The van der Waals surface area contributed by atoms with Crippen molar-refractivity contribution in [2.75, 3.05) is 11.5 Å². The number of benzene rings is 2. The number of anilines is 2. The van der Waals surface area contributed by atoms with Crippen molar-refractivity contribution in [1.82, 2.24) is 39.2 Å². The Morgan fingerprint density at radius 2 is 1.22 bits per heavy atom. The van der Waals surface area contributed by atoms with E-state index in [0.29, 0.717) is 28.2 Å². The summed E-state index contributed by atoms with van der Waals surface area (Å²) in [6, 6.07) is 18.4. The molecular formula is C23H21ClN10O2. The highest BCUT2D eigenvalue weighted by Gasteiger charge is 2.09. The molecule has 6 rings (SSSR count).